The summed E-state index contributed by atoms with van der Waals surface area (Å²) in [5.41, 5.74) is 2.72. The molecule has 0 radical (unpaired) electrons. The average Bonchev–Trinajstić information content (AvgIpc) is 2.60. The molecule has 1 aromatic heterocycles. The number of thiazole rings is 1. The van der Waals surface area contributed by atoms with Crippen molar-refractivity contribution in [1.29, 1.82) is 0 Å². The number of alkyl halides is 2. The van der Waals surface area contributed by atoms with Gasteiger partial charge in [-0.05, 0) is 13.3 Å². The molecule has 0 spiro atoms. The lowest BCUT2D eigenvalue weighted by molar-refractivity contribution is 0.0790. The van der Waals surface area contributed by atoms with E-state index < -0.39 is 6.43 Å². The fraction of sp³-hybridized carbons (Fsp3) is 0.700. The molecule has 0 atom stereocenters. The maximum atomic E-state index is 12.2. The van der Waals surface area contributed by atoms with Gasteiger partial charge in [0.2, 0.25) is 0 Å². The van der Waals surface area contributed by atoms with Crippen LogP contribution in [-0.2, 0) is 6.42 Å². The number of aryl methyl sites for hydroxylation is 1. The van der Waals surface area contributed by atoms with Crippen LogP contribution in [0.15, 0.2) is 5.51 Å². The van der Waals surface area contributed by atoms with E-state index in [0.29, 0.717) is 19.5 Å². The van der Waals surface area contributed by atoms with Gasteiger partial charge in [0, 0.05) is 18.0 Å². The number of aromatic nitrogens is 1. The van der Waals surface area contributed by atoms with Crippen LogP contribution in [0.3, 0.4) is 0 Å². The number of hydrogen-bond acceptors (Lipinski definition) is 4. The van der Waals surface area contributed by atoms with Crippen molar-refractivity contribution in [2.24, 2.45) is 0 Å². The summed E-state index contributed by atoms with van der Waals surface area (Å²) in [4.78, 5) is 6.80. The van der Waals surface area contributed by atoms with Gasteiger partial charge in [-0.3, -0.25) is 4.90 Å². The average molecular weight is 250 g/mol. The Morgan fingerprint density at radius 1 is 1.50 bits per heavy atom. The van der Waals surface area contributed by atoms with E-state index in [1.807, 2.05) is 6.92 Å². The molecule has 6 heteroatoms. The molecule has 0 bridgehead atoms. The van der Waals surface area contributed by atoms with Crippen LogP contribution in [0.5, 0.6) is 0 Å². The van der Waals surface area contributed by atoms with Crippen LogP contribution in [-0.4, -0.2) is 47.7 Å². The Hall–Kier alpha value is -0.590. The van der Waals surface area contributed by atoms with Crippen molar-refractivity contribution >= 4 is 11.3 Å². The van der Waals surface area contributed by atoms with E-state index in [1.54, 1.807) is 21.7 Å². The highest BCUT2D eigenvalue weighted by atomic mass is 32.1. The van der Waals surface area contributed by atoms with Crippen LogP contribution in [0.25, 0.3) is 0 Å². The third kappa shape index (κ3) is 4.51. The van der Waals surface area contributed by atoms with Gasteiger partial charge in [0.15, 0.2) is 0 Å². The zero-order valence-electron chi connectivity index (χ0n) is 9.20. The topological polar surface area (TPSA) is 36.4 Å². The summed E-state index contributed by atoms with van der Waals surface area (Å²) >= 11 is 1.54. The van der Waals surface area contributed by atoms with Crippen LogP contribution in [0.4, 0.5) is 8.78 Å². The summed E-state index contributed by atoms with van der Waals surface area (Å²) in [6, 6.07) is 0. The van der Waals surface area contributed by atoms with Crippen LogP contribution >= 0.6 is 11.3 Å². The molecule has 0 amide bonds. The molecule has 0 fully saturated rings. The molecule has 0 aromatic carbocycles. The van der Waals surface area contributed by atoms with Gasteiger partial charge in [-0.15, -0.1) is 11.3 Å². The first kappa shape index (κ1) is 13.5. The van der Waals surface area contributed by atoms with Gasteiger partial charge in [-0.25, -0.2) is 13.8 Å². The molecule has 92 valence electrons. The summed E-state index contributed by atoms with van der Waals surface area (Å²) in [7, 11) is 0. The predicted molar refractivity (Wildman–Crippen MR) is 60.1 cm³/mol. The van der Waals surface area contributed by atoms with Gasteiger partial charge in [0.25, 0.3) is 6.43 Å². The highest BCUT2D eigenvalue weighted by molar-refractivity contribution is 7.09. The van der Waals surface area contributed by atoms with Crippen molar-refractivity contribution in [2.75, 3.05) is 26.2 Å². The Bertz CT molecular complexity index is 307. The number of aliphatic hydroxyl groups excluding tert-OH is 1. The second-order valence-electron chi connectivity index (χ2n) is 3.53. The lowest BCUT2D eigenvalue weighted by Gasteiger charge is -2.20. The maximum Gasteiger partial charge on any atom is 0.251 e. The lowest BCUT2D eigenvalue weighted by atomic mass is 10.3. The maximum absolute atomic E-state index is 12.2. The highest BCUT2D eigenvalue weighted by Crippen LogP contribution is 2.13. The lowest BCUT2D eigenvalue weighted by Crippen LogP contribution is -2.33. The van der Waals surface area contributed by atoms with Crippen molar-refractivity contribution < 1.29 is 13.9 Å². The first-order chi connectivity index (χ1) is 7.63. The minimum atomic E-state index is -2.35. The zero-order chi connectivity index (χ0) is 12.0. The normalized spacial score (nSPS) is 11.6. The second-order valence-corrected chi connectivity index (χ2v) is 4.47. The van der Waals surface area contributed by atoms with Crippen LogP contribution in [0.2, 0.25) is 0 Å². The largest absolute Gasteiger partial charge is 0.395 e. The minimum Gasteiger partial charge on any atom is -0.395 e. The summed E-state index contributed by atoms with van der Waals surface area (Å²) in [6.07, 6.45) is -1.64. The van der Waals surface area contributed by atoms with Crippen molar-refractivity contribution in [2.45, 2.75) is 19.8 Å². The van der Waals surface area contributed by atoms with Gasteiger partial charge in [-0.1, -0.05) is 0 Å². The molecule has 0 aliphatic heterocycles. The number of halogens is 2. The Kier molecular flexibility index (Phi) is 5.79. The molecule has 0 saturated carbocycles. The van der Waals surface area contributed by atoms with Gasteiger partial charge < -0.3 is 5.11 Å². The number of nitrogens with zero attached hydrogens (tertiary/aromatic N) is 2. The Morgan fingerprint density at radius 3 is 2.75 bits per heavy atom. The number of rotatable bonds is 7. The summed E-state index contributed by atoms with van der Waals surface area (Å²) in [5.74, 6) is 0. The second kappa shape index (κ2) is 6.88. The van der Waals surface area contributed by atoms with Gasteiger partial charge in [0.05, 0.1) is 24.4 Å². The van der Waals surface area contributed by atoms with Crippen molar-refractivity contribution in [3.05, 3.63) is 16.1 Å². The smallest absolute Gasteiger partial charge is 0.251 e. The number of hydrogen-bond donors (Lipinski definition) is 1. The minimum absolute atomic E-state index is 0.0889. The van der Waals surface area contributed by atoms with Crippen molar-refractivity contribution in [3.63, 3.8) is 0 Å². The molecular weight excluding hydrogens is 234 g/mol. The van der Waals surface area contributed by atoms with Crippen molar-refractivity contribution in [3.8, 4) is 0 Å². The molecule has 0 aliphatic carbocycles. The highest BCUT2D eigenvalue weighted by Gasteiger charge is 2.12. The van der Waals surface area contributed by atoms with E-state index in [1.165, 1.54) is 0 Å². The Labute approximate surface area is 97.7 Å². The number of aliphatic hydroxyl groups is 1. The summed E-state index contributed by atoms with van der Waals surface area (Å²) < 4.78 is 24.4. The van der Waals surface area contributed by atoms with Gasteiger partial charge >= 0.3 is 0 Å². The molecule has 1 rings (SSSR count). The fourth-order valence-corrected chi connectivity index (χ4v) is 2.23. The molecule has 3 nitrogen and oxygen atoms in total. The van der Waals surface area contributed by atoms with Crippen LogP contribution in [0.1, 0.15) is 10.6 Å². The van der Waals surface area contributed by atoms with E-state index in [4.69, 9.17) is 5.11 Å². The first-order valence-corrected chi connectivity index (χ1v) is 6.01. The molecule has 0 unspecified atom stereocenters. The quantitative estimate of drug-likeness (QED) is 0.797. The molecule has 16 heavy (non-hydrogen) atoms. The first-order valence-electron chi connectivity index (χ1n) is 5.13. The summed E-state index contributed by atoms with van der Waals surface area (Å²) in [6.45, 7) is 2.37. The molecular formula is C10H16F2N2OS. The van der Waals surface area contributed by atoms with Gasteiger partial charge in [0.1, 0.15) is 0 Å². The third-order valence-corrected chi connectivity index (χ3v) is 3.31. The van der Waals surface area contributed by atoms with E-state index in [0.717, 1.165) is 10.6 Å². The molecule has 1 aromatic rings. The molecule has 1 heterocycles. The standard InChI is InChI=1S/C10H16F2N2OS/c1-8-9(16-7-13-8)2-3-14(4-5-15)6-10(11)12/h7,10,15H,2-6H2,1H3. The molecule has 0 saturated heterocycles. The van der Waals surface area contributed by atoms with E-state index >= 15 is 0 Å². The third-order valence-electron chi connectivity index (χ3n) is 2.31. The Balaban J connectivity index is 2.40. The predicted octanol–water partition coefficient (Wildman–Crippen LogP) is 1.55. The van der Waals surface area contributed by atoms with Crippen LogP contribution < -0.4 is 0 Å². The monoisotopic (exact) mass is 250 g/mol. The Morgan fingerprint density at radius 2 is 2.25 bits per heavy atom. The van der Waals surface area contributed by atoms with Crippen molar-refractivity contribution in [1.82, 2.24) is 9.88 Å². The molecule has 0 aliphatic rings. The zero-order valence-corrected chi connectivity index (χ0v) is 10.0. The SMILES string of the molecule is Cc1ncsc1CCN(CCO)CC(F)F. The van der Waals surface area contributed by atoms with Crippen LogP contribution in [0, 0.1) is 6.92 Å². The van der Waals surface area contributed by atoms with E-state index in [9.17, 15) is 8.78 Å². The molecule has 1 N–H and O–H groups in total. The van der Waals surface area contributed by atoms with E-state index in [-0.39, 0.29) is 13.2 Å². The van der Waals surface area contributed by atoms with Gasteiger partial charge in [-0.2, -0.15) is 0 Å². The fourth-order valence-electron chi connectivity index (χ4n) is 1.46. The summed E-state index contributed by atoms with van der Waals surface area (Å²) in [5, 5.41) is 8.77. The van der Waals surface area contributed by atoms with E-state index in [2.05, 4.69) is 4.98 Å².